The van der Waals surface area contributed by atoms with Gasteiger partial charge in [-0.3, -0.25) is 0 Å². The van der Waals surface area contributed by atoms with Gasteiger partial charge >= 0.3 is 0 Å². The highest BCUT2D eigenvalue weighted by Crippen LogP contribution is 2.27. The van der Waals surface area contributed by atoms with E-state index in [4.69, 9.17) is 10.5 Å². The Labute approximate surface area is 120 Å². The summed E-state index contributed by atoms with van der Waals surface area (Å²) in [6.07, 6.45) is 0.929. The lowest BCUT2D eigenvalue weighted by Crippen LogP contribution is -2.09. The second kappa shape index (κ2) is 6.36. The first-order valence-electron chi connectivity index (χ1n) is 5.85. The summed E-state index contributed by atoms with van der Waals surface area (Å²) < 4.78 is 6.86. The van der Waals surface area contributed by atoms with Gasteiger partial charge in [-0.15, -0.1) is 0 Å². The van der Waals surface area contributed by atoms with E-state index in [9.17, 15) is 0 Å². The summed E-state index contributed by atoms with van der Waals surface area (Å²) in [5.41, 5.74) is 8.31. The molecule has 0 aliphatic carbocycles. The predicted molar refractivity (Wildman–Crippen MR) is 80.3 cm³/mol. The summed E-state index contributed by atoms with van der Waals surface area (Å²) in [7, 11) is 0. The molecule has 0 saturated heterocycles. The Bertz CT molecular complexity index is 497. The quantitative estimate of drug-likeness (QED) is 0.896. The van der Waals surface area contributed by atoms with E-state index in [-0.39, 0.29) is 6.04 Å². The summed E-state index contributed by atoms with van der Waals surface area (Å²) in [4.78, 5) is 0. The number of thiophene rings is 1. The monoisotopic (exact) mass is 325 g/mol. The minimum Gasteiger partial charge on any atom is -0.493 e. The van der Waals surface area contributed by atoms with Crippen LogP contribution in [-0.2, 0) is 6.42 Å². The molecular weight excluding hydrogens is 310 g/mol. The number of hydrogen-bond donors (Lipinski definition) is 1. The number of hydrogen-bond acceptors (Lipinski definition) is 3. The Kier molecular flexibility index (Phi) is 4.80. The minimum absolute atomic E-state index is 0.0290. The molecule has 1 atom stereocenters. The van der Waals surface area contributed by atoms with Crippen molar-refractivity contribution < 1.29 is 4.74 Å². The van der Waals surface area contributed by atoms with Crippen LogP contribution in [0, 0.1) is 0 Å². The third kappa shape index (κ3) is 3.57. The molecule has 0 unspecified atom stereocenters. The van der Waals surface area contributed by atoms with E-state index in [2.05, 4.69) is 32.8 Å². The zero-order valence-corrected chi connectivity index (χ0v) is 12.6. The molecule has 0 aliphatic heterocycles. The van der Waals surface area contributed by atoms with E-state index in [1.54, 1.807) is 11.3 Å². The van der Waals surface area contributed by atoms with Crippen molar-refractivity contribution in [1.29, 1.82) is 0 Å². The summed E-state index contributed by atoms with van der Waals surface area (Å²) in [6.45, 7) is 2.64. The molecule has 0 spiro atoms. The van der Waals surface area contributed by atoms with E-state index >= 15 is 0 Å². The molecule has 18 heavy (non-hydrogen) atoms. The first kappa shape index (κ1) is 13.6. The van der Waals surface area contributed by atoms with E-state index < -0.39 is 0 Å². The van der Waals surface area contributed by atoms with Crippen molar-refractivity contribution in [1.82, 2.24) is 0 Å². The second-order valence-corrected chi connectivity index (χ2v) is 5.90. The lowest BCUT2D eigenvalue weighted by atomic mass is 10.1. The molecular formula is C14H16BrNOS. The third-order valence-corrected chi connectivity index (χ3v) is 3.92. The molecule has 0 aliphatic rings. The molecule has 2 rings (SSSR count). The molecule has 0 radical (unpaired) electrons. The zero-order valence-electron chi connectivity index (χ0n) is 10.2. The molecule has 0 bridgehead atoms. The Balaban J connectivity index is 2.00. The summed E-state index contributed by atoms with van der Waals surface area (Å²) in [5.74, 6) is 0.878. The predicted octanol–water partition coefficient (Wildman–Crippen LogP) is 4.15. The van der Waals surface area contributed by atoms with Gasteiger partial charge in [0.1, 0.15) is 5.75 Å². The van der Waals surface area contributed by atoms with Gasteiger partial charge in [-0.25, -0.2) is 0 Å². The van der Waals surface area contributed by atoms with Crippen LogP contribution in [0.4, 0.5) is 0 Å². The molecule has 2 aromatic rings. The number of halogens is 1. The molecule has 1 aromatic heterocycles. The number of nitrogens with two attached hydrogens (primary N) is 1. The van der Waals surface area contributed by atoms with Crippen LogP contribution in [0.5, 0.6) is 5.75 Å². The van der Waals surface area contributed by atoms with Crippen LogP contribution in [0.1, 0.15) is 24.1 Å². The van der Waals surface area contributed by atoms with Crippen molar-refractivity contribution in [3.63, 3.8) is 0 Å². The second-order valence-electron chi connectivity index (χ2n) is 4.20. The fourth-order valence-corrected chi connectivity index (χ4v) is 2.80. The van der Waals surface area contributed by atoms with Crippen molar-refractivity contribution in [2.24, 2.45) is 5.73 Å². The van der Waals surface area contributed by atoms with Crippen molar-refractivity contribution in [3.05, 3.63) is 50.6 Å². The Hall–Kier alpha value is -0.840. The number of rotatable bonds is 5. The molecule has 1 aromatic carbocycles. The molecule has 2 N–H and O–H groups in total. The number of benzene rings is 1. The van der Waals surface area contributed by atoms with Gasteiger partial charge in [0.2, 0.25) is 0 Å². The molecule has 4 heteroatoms. The van der Waals surface area contributed by atoms with E-state index in [0.29, 0.717) is 6.61 Å². The van der Waals surface area contributed by atoms with Crippen LogP contribution in [0.25, 0.3) is 0 Å². The summed E-state index contributed by atoms with van der Waals surface area (Å²) in [5, 5.41) is 4.24. The molecule has 0 amide bonds. The Morgan fingerprint density at radius 1 is 1.39 bits per heavy atom. The van der Waals surface area contributed by atoms with Crippen molar-refractivity contribution >= 4 is 27.3 Å². The first-order valence-corrected chi connectivity index (χ1v) is 7.59. The summed E-state index contributed by atoms with van der Waals surface area (Å²) in [6, 6.07) is 8.06. The zero-order chi connectivity index (χ0) is 13.0. The fourth-order valence-electron chi connectivity index (χ4n) is 1.72. The van der Waals surface area contributed by atoms with E-state index in [1.165, 1.54) is 5.56 Å². The Morgan fingerprint density at radius 2 is 2.22 bits per heavy atom. The SMILES string of the molecule is C[C@H](N)c1cc(Br)ccc1OCCc1ccsc1. The molecule has 0 saturated carbocycles. The van der Waals surface area contributed by atoms with E-state index in [0.717, 1.165) is 22.2 Å². The van der Waals surface area contributed by atoms with Gasteiger partial charge in [-0.2, -0.15) is 11.3 Å². The average molecular weight is 326 g/mol. The lowest BCUT2D eigenvalue weighted by Gasteiger charge is -2.14. The maximum Gasteiger partial charge on any atom is 0.124 e. The van der Waals surface area contributed by atoms with Gasteiger partial charge in [-0.1, -0.05) is 15.9 Å². The van der Waals surface area contributed by atoms with E-state index in [1.807, 2.05) is 25.1 Å². The maximum absolute atomic E-state index is 5.95. The highest BCUT2D eigenvalue weighted by Gasteiger charge is 2.08. The van der Waals surface area contributed by atoms with Crippen LogP contribution in [0.15, 0.2) is 39.5 Å². The average Bonchev–Trinajstić information content (AvgIpc) is 2.84. The largest absolute Gasteiger partial charge is 0.493 e. The smallest absolute Gasteiger partial charge is 0.124 e. The van der Waals surface area contributed by atoms with Crippen LogP contribution < -0.4 is 10.5 Å². The highest BCUT2D eigenvalue weighted by molar-refractivity contribution is 9.10. The van der Waals surface area contributed by atoms with Crippen LogP contribution in [-0.4, -0.2) is 6.61 Å². The molecule has 0 fully saturated rings. The van der Waals surface area contributed by atoms with Crippen molar-refractivity contribution in [2.45, 2.75) is 19.4 Å². The van der Waals surface area contributed by atoms with Gasteiger partial charge < -0.3 is 10.5 Å². The van der Waals surface area contributed by atoms with Gasteiger partial charge in [0.25, 0.3) is 0 Å². The standard InChI is InChI=1S/C14H16BrNOS/c1-10(16)13-8-12(15)2-3-14(13)17-6-4-11-5-7-18-9-11/h2-3,5,7-10H,4,6,16H2,1H3/t10-/m0/s1. The van der Waals surface area contributed by atoms with Crippen molar-refractivity contribution in [3.8, 4) is 5.75 Å². The van der Waals surface area contributed by atoms with Crippen LogP contribution >= 0.6 is 27.3 Å². The molecule has 1 heterocycles. The molecule has 96 valence electrons. The molecule has 2 nitrogen and oxygen atoms in total. The van der Waals surface area contributed by atoms with Crippen LogP contribution in [0.2, 0.25) is 0 Å². The van der Waals surface area contributed by atoms with Gasteiger partial charge in [0.05, 0.1) is 6.61 Å². The fraction of sp³-hybridized carbons (Fsp3) is 0.286. The maximum atomic E-state index is 5.95. The number of ether oxygens (including phenoxy) is 1. The van der Waals surface area contributed by atoms with Crippen LogP contribution in [0.3, 0.4) is 0 Å². The van der Waals surface area contributed by atoms with Crippen molar-refractivity contribution in [2.75, 3.05) is 6.61 Å². The highest BCUT2D eigenvalue weighted by atomic mass is 79.9. The topological polar surface area (TPSA) is 35.2 Å². The Morgan fingerprint density at radius 3 is 2.89 bits per heavy atom. The van der Waals surface area contributed by atoms with Gasteiger partial charge in [-0.05, 0) is 47.5 Å². The minimum atomic E-state index is -0.0290. The van der Waals surface area contributed by atoms with Gasteiger partial charge in [0.15, 0.2) is 0 Å². The van der Waals surface area contributed by atoms with Gasteiger partial charge in [0, 0.05) is 22.5 Å². The lowest BCUT2D eigenvalue weighted by molar-refractivity contribution is 0.317. The summed E-state index contributed by atoms with van der Waals surface area (Å²) >= 11 is 5.17. The first-order chi connectivity index (χ1) is 8.66. The normalized spacial score (nSPS) is 12.4. The third-order valence-electron chi connectivity index (χ3n) is 2.69.